The van der Waals surface area contributed by atoms with Crippen LogP contribution in [0.1, 0.15) is 61.1 Å². The first-order valence-electron chi connectivity index (χ1n) is 13.1. The largest absolute Gasteiger partial charge is 0.497 e. The van der Waals surface area contributed by atoms with Crippen LogP contribution in [0.2, 0.25) is 0 Å². The van der Waals surface area contributed by atoms with Crippen molar-refractivity contribution in [2.75, 3.05) is 39.8 Å². The van der Waals surface area contributed by atoms with Gasteiger partial charge >= 0.3 is 0 Å². The van der Waals surface area contributed by atoms with Crippen LogP contribution in [0.4, 0.5) is 0 Å². The number of fused-ring (bicyclic) bond motifs is 1. The van der Waals surface area contributed by atoms with Crippen molar-refractivity contribution < 1.29 is 14.3 Å². The lowest BCUT2D eigenvalue weighted by Crippen LogP contribution is -2.58. The molecule has 2 atom stereocenters. The third kappa shape index (κ3) is 5.12. The Labute approximate surface area is 212 Å². The quantitative estimate of drug-likeness (QED) is 0.619. The van der Waals surface area contributed by atoms with E-state index in [1.165, 1.54) is 35.3 Å². The summed E-state index contributed by atoms with van der Waals surface area (Å²) in [6, 6.07) is 10.6. The number of benzene rings is 1. The average molecular weight is 496 g/mol. The fourth-order valence-corrected chi connectivity index (χ4v) is 6.99. The zero-order chi connectivity index (χ0) is 24.4. The van der Waals surface area contributed by atoms with E-state index in [0.717, 1.165) is 31.6 Å². The van der Waals surface area contributed by atoms with E-state index in [9.17, 15) is 9.59 Å². The second kappa shape index (κ2) is 10.7. The van der Waals surface area contributed by atoms with Crippen molar-refractivity contribution >= 4 is 23.2 Å². The summed E-state index contributed by atoms with van der Waals surface area (Å²) >= 11 is 1.81. The van der Waals surface area contributed by atoms with Crippen LogP contribution in [0.5, 0.6) is 5.75 Å². The number of ether oxygens (including phenoxy) is 1. The van der Waals surface area contributed by atoms with E-state index in [-0.39, 0.29) is 23.9 Å². The van der Waals surface area contributed by atoms with Gasteiger partial charge < -0.3 is 14.5 Å². The van der Waals surface area contributed by atoms with Crippen LogP contribution in [-0.2, 0) is 16.0 Å². The van der Waals surface area contributed by atoms with Gasteiger partial charge in [-0.05, 0) is 60.9 Å². The molecule has 1 aromatic carbocycles. The SMILES string of the molecule is COc1ccc([C@H]2c3ccsc3CCN2CC(=O)N2CCN(C(=O)C3CCCCC3)[C@H](C)C2)cc1. The van der Waals surface area contributed by atoms with Crippen LogP contribution in [0, 0.1) is 5.92 Å². The molecule has 2 aliphatic heterocycles. The Morgan fingerprint density at radius 3 is 2.51 bits per heavy atom. The highest BCUT2D eigenvalue weighted by Gasteiger charge is 2.36. The third-order valence-electron chi connectivity index (χ3n) is 8.05. The van der Waals surface area contributed by atoms with Crippen LogP contribution in [0.25, 0.3) is 0 Å². The maximum atomic E-state index is 13.5. The van der Waals surface area contributed by atoms with Crippen molar-refractivity contribution in [2.24, 2.45) is 5.92 Å². The van der Waals surface area contributed by atoms with Crippen LogP contribution >= 0.6 is 11.3 Å². The molecular formula is C28H37N3O3S. The topological polar surface area (TPSA) is 53.1 Å². The maximum absolute atomic E-state index is 13.5. The van der Waals surface area contributed by atoms with Gasteiger partial charge in [-0.25, -0.2) is 0 Å². The molecule has 2 amide bonds. The van der Waals surface area contributed by atoms with Gasteiger partial charge in [0.2, 0.25) is 11.8 Å². The number of hydrogen-bond acceptors (Lipinski definition) is 5. The summed E-state index contributed by atoms with van der Waals surface area (Å²) in [6.45, 7) is 5.27. The van der Waals surface area contributed by atoms with Crippen molar-refractivity contribution in [3.05, 3.63) is 51.7 Å². The van der Waals surface area contributed by atoms with Crippen LogP contribution in [0.3, 0.4) is 0 Å². The molecule has 6 nitrogen and oxygen atoms in total. The summed E-state index contributed by atoms with van der Waals surface area (Å²) in [5, 5.41) is 2.16. The second-order valence-electron chi connectivity index (χ2n) is 10.3. The van der Waals surface area contributed by atoms with Gasteiger partial charge in [0.1, 0.15) is 5.75 Å². The number of thiophene rings is 1. The molecule has 1 aromatic heterocycles. The molecule has 3 aliphatic rings. The summed E-state index contributed by atoms with van der Waals surface area (Å²) in [7, 11) is 1.68. The molecule has 0 unspecified atom stereocenters. The predicted octanol–water partition coefficient (Wildman–Crippen LogP) is 4.34. The zero-order valence-corrected chi connectivity index (χ0v) is 21.8. The van der Waals surface area contributed by atoms with E-state index >= 15 is 0 Å². The Balaban J connectivity index is 1.26. The van der Waals surface area contributed by atoms with Crippen LogP contribution < -0.4 is 4.74 Å². The molecule has 5 rings (SSSR count). The van der Waals surface area contributed by atoms with Gasteiger partial charge in [-0.1, -0.05) is 31.4 Å². The summed E-state index contributed by atoms with van der Waals surface area (Å²) in [5.41, 5.74) is 2.50. The Morgan fingerprint density at radius 2 is 1.80 bits per heavy atom. The lowest BCUT2D eigenvalue weighted by molar-refractivity contribution is -0.146. The monoisotopic (exact) mass is 495 g/mol. The van der Waals surface area contributed by atoms with Crippen molar-refractivity contribution in [1.82, 2.24) is 14.7 Å². The lowest BCUT2D eigenvalue weighted by atomic mass is 9.88. The molecule has 3 heterocycles. The minimum atomic E-state index is 0.0735. The van der Waals surface area contributed by atoms with E-state index in [1.54, 1.807) is 7.11 Å². The molecular weight excluding hydrogens is 458 g/mol. The first kappa shape index (κ1) is 24.3. The molecule has 188 valence electrons. The number of methoxy groups -OCH3 is 1. The van der Waals surface area contributed by atoms with E-state index in [0.29, 0.717) is 32.1 Å². The summed E-state index contributed by atoms with van der Waals surface area (Å²) < 4.78 is 5.36. The molecule has 35 heavy (non-hydrogen) atoms. The average Bonchev–Trinajstić information content (AvgIpc) is 3.37. The van der Waals surface area contributed by atoms with Crippen molar-refractivity contribution in [3.8, 4) is 5.75 Å². The highest BCUT2D eigenvalue weighted by Crippen LogP contribution is 2.38. The fraction of sp³-hybridized carbons (Fsp3) is 0.571. The van der Waals surface area contributed by atoms with Gasteiger partial charge in [-0.3, -0.25) is 14.5 Å². The van der Waals surface area contributed by atoms with E-state index in [1.807, 2.05) is 33.3 Å². The zero-order valence-electron chi connectivity index (χ0n) is 20.9. The minimum absolute atomic E-state index is 0.0735. The maximum Gasteiger partial charge on any atom is 0.236 e. The predicted molar refractivity (Wildman–Crippen MR) is 139 cm³/mol. The van der Waals surface area contributed by atoms with Gasteiger partial charge in [-0.15, -0.1) is 11.3 Å². The molecule has 0 N–H and O–H groups in total. The molecule has 1 saturated carbocycles. The normalized spacial score (nSPS) is 23.7. The number of nitrogens with zero attached hydrogens (tertiary/aromatic N) is 3. The number of amides is 2. The smallest absolute Gasteiger partial charge is 0.236 e. The Kier molecular flexibility index (Phi) is 7.44. The number of rotatable bonds is 5. The number of hydrogen-bond donors (Lipinski definition) is 0. The molecule has 2 aromatic rings. The molecule has 0 spiro atoms. The summed E-state index contributed by atoms with van der Waals surface area (Å²) in [6.07, 6.45) is 6.62. The van der Waals surface area contributed by atoms with Crippen LogP contribution in [0.15, 0.2) is 35.7 Å². The Morgan fingerprint density at radius 1 is 1.03 bits per heavy atom. The molecule has 0 bridgehead atoms. The third-order valence-corrected chi connectivity index (χ3v) is 9.05. The fourth-order valence-electron chi connectivity index (χ4n) is 6.08. The first-order valence-corrected chi connectivity index (χ1v) is 14.0. The second-order valence-corrected chi connectivity index (χ2v) is 11.3. The van der Waals surface area contributed by atoms with Gasteiger partial charge in [0.25, 0.3) is 0 Å². The molecule has 2 fully saturated rings. The molecule has 1 aliphatic carbocycles. The van der Waals surface area contributed by atoms with Crippen molar-refractivity contribution in [3.63, 3.8) is 0 Å². The highest BCUT2D eigenvalue weighted by atomic mass is 32.1. The molecule has 7 heteroatoms. The Hall–Kier alpha value is -2.38. The van der Waals surface area contributed by atoms with E-state index in [2.05, 4.69) is 35.4 Å². The highest BCUT2D eigenvalue weighted by molar-refractivity contribution is 7.10. The number of carbonyl (C=O) groups is 2. The van der Waals surface area contributed by atoms with Gasteiger partial charge in [-0.2, -0.15) is 0 Å². The van der Waals surface area contributed by atoms with Crippen LogP contribution in [-0.4, -0.2) is 72.4 Å². The lowest BCUT2D eigenvalue weighted by Gasteiger charge is -2.43. The summed E-state index contributed by atoms with van der Waals surface area (Å²) in [4.78, 5) is 34.3. The van der Waals surface area contributed by atoms with Crippen molar-refractivity contribution in [1.29, 1.82) is 0 Å². The number of piperazine rings is 1. The number of carbonyl (C=O) groups excluding carboxylic acids is 2. The molecule has 1 saturated heterocycles. The van der Waals surface area contributed by atoms with Gasteiger partial charge in [0, 0.05) is 43.0 Å². The Bertz CT molecular complexity index is 1030. The molecule has 0 radical (unpaired) electrons. The minimum Gasteiger partial charge on any atom is -0.497 e. The van der Waals surface area contributed by atoms with Gasteiger partial charge in [0.15, 0.2) is 0 Å². The van der Waals surface area contributed by atoms with Gasteiger partial charge in [0.05, 0.1) is 19.7 Å². The van der Waals surface area contributed by atoms with Crippen molar-refractivity contribution in [2.45, 2.75) is 57.5 Å². The van der Waals surface area contributed by atoms with E-state index < -0.39 is 0 Å². The standard InChI is InChI=1S/C28H37N3O3S/c1-20-18-29(15-16-31(20)28(33)22-6-4-3-5-7-22)26(32)19-30-14-12-25-24(13-17-35-25)27(30)21-8-10-23(34-2)11-9-21/h8-11,13,17,20,22,27H,3-7,12,14-16,18-19H2,1-2H3/t20-,27+/m1/s1. The first-order chi connectivity index (χ1) is 17.0. The van der Waals surface area contributed by atoms with E-state index in [4.69, 9.17) is 4.74 Å². The summed E-state index contributed by atoms with van der Waals surface area (Å²) in [5.74, 6) is 1.50.